The van der Waals surface area contributed by atoms with Crippen molar-refractivity contribution < 1.29 is 14.6 Å². The molecule has 0 radical (unpaired) electrons. The van der Waals surface area contributed by atoms with E-state index in [-0.39, 0.29) is 5.56 Å². The second kappa shape index (κ2) is 6.72. The summed E-state index contributed by atoms with van der Waals surface area (Å²) in [6, 6.07) is 22.6. The number of aromatic amines is 1. The molecule has 1 heterocycles. The molecule has 0 unspecified atom stereocenters. The van der Waals surface area contributed by atoms with Crippen LogP contribution in [0.5, 0.6) is 5.75 Å². The average molecular weight is 344 g/mol. The number of H-pyrrole nitrogens is 1. The van der Waals surface area contributed by atoms with E-state index in [9.17, 15) is 4.79 Å². The first kappa shape index (κ1) is 15.9. The zero-order chi connectivity index (χ0) is 17.9. The number of carboxylic acids is 1. The third kappa shape index (κ3) is 3.02. The van der Waals surface area contributed by atoms with Gasteiger partial charge in [-0.15, -0.1) is 0 Å². The molecule has 5 heteroatoms. The summed E-state index contributed by atoms with van der Waals surface area (Å²) >= 11 is 0. The van der Waals surface area contributed by atoms with E-state index in [1.54, 1.807) is 18.2 Å². The van der Waals surface area contributed by atoms with Crippen molar-refractivity contribution in [1.29, 1.82) is 0 Å². The van der Waals surface area contributed by atoms with Crippen molar-refractivity contribution in [1.82, 2.24) is 10.2 Å². The minimum absolute atomic E-state index is 0.223. The van der Waals surface area contributed by atoms with Crippen LogP contribution >= 0.6 is 0 Å². The second-order valence-corrected chi connectivity index (χ2v) is 5.91. The number of nitrogens with zero attached hydrogens (tertiary/aromatic N) is 1. The highest BCUT2D eigenvalue weighted by molar-refractivity contribution is 5.98. The Labute approximate surface area is 149 Å². The quantitative estimate of drug-likeness (QED) is 0.559. The van der Waals surface area contributed by atoms with Gasteiger partial charge in [-0.2, -0.15) is 5.10 Å². The van der Waals surface area contributed by atoms with Crippen LogP contribution in [0.25, 0.3) is 22.2 Å². The number of ether oxygens (including phenoxy) is 1. The van der Waals surface area contributed by atoms with E-state index in [0.717, 1.165) is 28.0 Å². The number of para-hydroxylation sites is 1. The van der Waals surface area contributed by atoms with Gasteiger partial charge in [0, 0.05) is 10.9 Å². The largest absolute Gasteiger partial charge is 0.488 e. The van der Waals surface area contributed by atoms with Crippen molar-refractivity contribution in [3.63, 3.8) is 0 Å². The Morgan fingerprint density at radius 1 is 1.00 bits per heavy atom. The van der Waals surface area contributed by atoms with Gasteiger partial charge in [0.15, 0.2) is 0 Å². The van der Waals surface area contributed by atoms with E-state index in [1.807, 2.05) is 54.6 Å². The summed E-state index contributed by atoms with van der Waals surface area (Å²) in [5.41, 5.74) is 3.58. The molecule has 128 valence electrons. The molecule has 4 aromatic rings. The minimum Gasteiger partial charge on any atom is -0.488 e. The number of rotatable bonds is 5. The molecule has 4 rings (SSSR count). The molecular weight excluding hydrogens is 328 g/mol. The van der Waals surface area contributed by atoms with Crippen molar-refractivity contribution in [2.75, 3.05) is 0 Å². The van der Waals surface area contributed by atoms with Gasteiger partial charge in [0.2, 0.25) is 0 Å². The molecule has 0 saturated heterocycles. The van der Waals surface area contributed by atoms with Crippen LogP contribution in [0, 0.1) is 0 Å². The molecule has 0 aliphatic carbocycles. The lowest BCUT2D eigenvalue weighted by atomic mass is 10.1. The molecule has 3 aromatic carbocycles. The monoisotopic (exact) mass is 344 g/mol. The van der Waals surface area contributed by atoms with Crippen molar-refractivity contribution in [3.8, 4) is 17.0 Å². The Hall–Kier alpha value is -3.60. The van der Waals surface area contributed by atoms with Crippen LogP contribution in [0.2, 0.25) is 0 Å². The molecule has 26 heavy (non-hydrogen) atoms. The molecule has 0 fully saturated rings. The average Bonchev–Trinajstić information content (AvgIpc) is 3.10. The lowest BCUT2D eigenvalue weighted by Gasteiger charge is -2.10. The van der Waals surface area contributed by atoms with E-state index in [1.165, 1.54) is 0 Å². The summed E-state index contributed by atoms with van der Waals surface area (Å²) in [7, 11) is 0. The standard InChI is InChI=1S/C21H16N2O3/c24-21(25)15-10-11-16-18(12-15)22-23-20(16)17-8-4-5-9-19(17)26-13-14-6-2-1-3-7-14/h1-12H,13H2,(H,22,23)(H,24,25). The van der Waals surface area contributed by atoms with E-state index >= 15 is 0 Å². The van der Waals surface area contributed by atoms with Crippen molar-refractivity contribution >= 4 is 16.9 Å². The minimum atomic E-state index is -0.963. The summed E-state index contributed by atoms with van der Waals surface area (Å²) in [6.45, 7) is 0.462. The first-order valence-electron chi connectivity index (χ1n) is 8.20. The van der Waals surface area contributed by atoms with Crippen LogP contribution in [0.1, 0.15) is 15.9 Å². The van der Waals surface area contributed by atoms with E-state index in [4.69, 9.17) is 9.84 Å². The fourth-order valence-electron chi connectivity index (χ4n) is 2.88. The molecule has 5 nitrogen and oxygen atoms in total. The molecule has 0 spiro atoms. The molecule has 0 atom stereocenters. The van der Waals surface area contributed by atoms with Crippen molar-refractivity contribution in [2.45, 2.75) is 6.61 Å². The fraction of sp³-hybridized carbons (Fsp3) is 0.0476. The summed E-state index contributed by atoms with van der Waals surface area (Å²) < 4.78 is 6.01. The topological polar surface area (TPSA) is 75.2 Å². The number of hydrogen-bond donors (Lipinski definition) is 2. The van der Waals surface area contributed by atoms with Crippen LogP contribution in [-0.4, -0.2) is 21.3 Å². The number of fused-ring (bicyclic) bond motifs is 1. The molecule has 2 N–H and O–H groups in total. The highest BCUT2D eigenvalue weighted by Gasteiger charge is 2.14. The first-order valence-corrected chi connectivity index (χ1v) is 8.20. The summed E-state index contributed by atoms with van der Waals surface area (Å²) in [4.78, 5) is 11.1. The number of carboxylic acid groups (broad SMARTS) is 1. The third-order valence-corrected chi connectivity index (χ3v) is 4.19. The smallest absolute Gasteiger partial charge is 0.335 e. The number of benzene rings is 3. The van der Waals surface area contributed by atoms with Gasteiger partial charge in [-0.3, -0.25) is 5.10 Å². The van der Waals surface area contributed by atoms with E-state index in [2.05, 4.69) is 10.2 Å². The normalized spacial score (nSPS) is 10.8. The number of carbonyl (C=O) groups is 1. The maximum Gasteiger partial charge on any atom is 0.335 e. The Morgan fingerprint density at radius 3 is 2.58 bits per heavy atom. The molecule has 0 bridgehead atoms. The van der Waals surface area contributed by atoms with Crippen LogP contribution in [0.4, 0.5) is 0 Å². The second-order valence-electron chi connectivity index (χ2n) is 5.91. The molecule has 0 saturated carbocycles. The third-order valence-electron chi connectivity index (χ3n) is 4.19. The predicted octanol–water partition coefficient (Wildman–Crippen LogP) is 4.51. The lowest BCUT2D eigenvalue weighted by Crippen LogP contribution is -1.97. The van der Waals surface area contributed by atoms with Gasteiger partial charge >= 0.3 is 5.97 Å². The van der Waals surface area contributed by atoms with Gasteiger partial charge in [-0.1, -0.05) is 42.5 Å². The van der Waals surface area contributed by atoms with Gasteiger partial charge in [0.25, 0.3) is 0 Å². The zero-order valence-electron chi connectivity index (χ0n) is 13.8. The Balaban J connectivity index is 1.70. The van der Waals surface area contributed by atoms with E-state index < -0.39 is 5.97 Å². The molecular formula is C21H16N2O3. The van der Waals surface area contributed by atoms with Crippen LogP contribution in [0.3, 0.4) is 0 Å². The van der Waals surface area contributed by atoms with Gasteiger partial charge in [0.1, 0.15) is 18.1 Å². The maximum absolute atomic E-state index is 11.1. The highest BCUT2D eigenvalue weighted by Crippen LogP contribution is 2.34. The van der Waals surface area contributed by atoms with E-state index in [0.29, 0.717) is 12.1 Å². The molecule has 1 aromatic heterocycles. The first-order chi connectivity index (χ1) is 12.7. The fourth-order valence-corrected chi connectivity index (χ4v) is 2.88. The van der Waals surface area contributed by atoms with Gasteiger partial charge in [0.05, 0.1) is 11.1 Å². The van der Waals surface area contributed by atoms with Crippen LogP contribution < -0.4 is 4.74 Å². The lowest BCUT2D eigenvalue weighted by molar-refractivity contribution is 0.0697. The van der Waals surface area contributed by atoms with Crippen LogP contribution in [-0.2, 0) is 6.61 Å². The number of nitrogens with one attached hydrogen (secondary N) is 1. The SMILES string of the molecule is O=C(O)c1ccc2c(-c3ccccc3OCc3ccccc3)n[nH]c2c1. The number of aromatic nitrogens is 2. The van der Waals surface area contributed by atoms with Gasteiger partial charge in [-0.25, -0.2) is 4.79 Å². The summed E-state index contributed by atoms with van der Waals surface area (Å²) in [5, 5.41) is 17.3. The van der Waals surface area contributed by atoms with Crippen molar-refractivity contribution in [2.24, 2.45) is 0 Å². The summed E-state index contributed by atoms with van der Waals surface area (Å²) in [5.74, 6) is -0.235. The number of hydrogen-bond acceptors (Lipinski definition) is 3. The Morgan fingerprint density at radius 2 is 1.77 bits per heavy atom. The predicted molar refractivity (Wildman–Crippen MR) is 99.3 cm³/mol. The Bertz CT molecular complexity index is 1070. The zero-order valence-corrected chi connectivity index (χ0v) is 13.8. The Kier molecular flexibility index (Phi) is 4.11. The molecule has 0 amide bonds. The van der Waals surface area contributed by atoms with Gasteiger partial charge in [-0.05, 0) is 35.9 Å². The van der Waals surface area contributed by atoms with Gasteiger partial charge < -0.3 is 9.84 Å². The number of aromatic carboxylic acids is 1. The summed E-state index contributed by atoms with van der Waals surface area (Å²) in [6.07, 6.45) is 0. The molecule has 0 aliphatic heterocycles. The molecule has 0 aliphatic rings. The maximum atomic E-state index is 11.1. The van der Waals surface area contributed by atoms with Crippen molar-refractivity contribution in [3.05, 3.63) is 83.9 Å². The van der Waals surface area contributed by atoms with Crippen LogP contribution in [0.15, 0.2) is 72.8 Å². The highest BCUT2D eigenvalue weighted by atomic mass is 16.5.